The SMILES string of the molecule is CCN(Cc1ccc(Cl)s1)C(=O)NCCc1ccc(F)cc1. The van der Waals surface area contributed by atoms with Gasteiger partial charge in [-0.1, -0.05) is 23.7 Å². The number of halogens is 2. The van der Waals surface area contributed by atoms with E-state index in [0.717, 1.165) is 14.8 Å². The maximum absolute atomic E-state index is 12.8. The Morgan fingerprint density at radius 1 is 1.27 bits per heavy atom. The highest BCUT2D eigenvalue weighted by Crippen LogP contribution is 2.22. The van der Waals surface area contributed by atoms with Gasteiger partial charge in [0.1, 0.15) is 5.82 Å². The number of nitrogens with one attached hydrogen (secondary N) is 1. The van der Waals surface area contributed by atoms with E-state index in [2.05, 4.69) is 5.32 Å². The number of amides is 2. The van der Waals surface area contributed by atoms with Gasteiger partial charge < -0.3 is 10.2 Å². The molecule has 0 radical (unpaired) electrons. The van der Waals surface area contributed by atoms with Crippen molar-refractivity contribution in [3.05, 3.63) is 57.0 Å². The first-order valence-corrected chi connectivity index (χ1v) is 8.29. The average molecular weight is 341 g/mol. The first kappa shape index (κ1) is 16.8. The van der Waals surface area contributed by atoms with E-state index in [1.807, 2.05) is 19.1 Å². The molecule has 1 N–H and O–H groups in total. The van der Waals surface area contributed by atoms with Crippen LogP contribution in [0.25, 0.3) is 0 Å². The molecule has 3 nitrogen and oxygen atoms in total. The molecular weight excluding hydrogens is 323 g/mol. The van der Waals surface area contributed by atoms with Crippen molar-refractivity contribution in [1.29, 1.82) is 0 Å². The van der Waals surface area contributed by atoms with E-state index < -0.39 is 0 Å². The molecule has 1 aromatic heterocycles. The highest BCUT2D eigenvalue weighted by atomic mass is 35.5. The van der Waals surface area contributed by atoms with Crippen LogP contribution >= 0.6 is 22.9 Å². The van der Waals surface area contributed by atoms with Gasteiger partial charge in [0.05, 0.1) is 10.9 Å². The Hall–Kier alpha value is -1.59. The average Bonchev–Trinajstić information content (AvgIpc) is 2.92. The number of carbonyl (C=O) groups excluding carboxylic acids is 1. The van der Waals surface area contributed by atoms with E-state index >= 15 is 0 Å². The minimum atomic E-state index is -0.250. The van der Waals surface area contributed by atoms with Gasteiger partial charge in [0.25, 0.3) is 0 Å². The minimum Gasteiger partial charge on any atom is -0.338 e. The number of benzene rings is 1. The van der Waals surface area contributed by atoms with Gasteiger partial charge in [0.2, 0.25) is 0 Å². The minimum absolute atomic E-state index is 0.103. The first-order chi connectivity index (χ1) is 10.6. The molecule has 0 saturated carbocycles. The van der Waals surface area contributed by atoms with Gasteiger partial charge >= 0.3 is 6.03 Å². The Bertz CT molecular complexity index is 615. The summed E-state index contributed by atoms with van der Waals surface area (Å²) in [7, 11) is 0. The predicted octanol–water partition coefficient (Wildman–Crippen LogP) is 4.31. The molecule has 118 valence electrons. The van der Waals surface area contributed by atoms with E-state index in [1.165, 1.54) is 23.5 Å². The Labute approximate surface area is 138 Å². The third-order valence-electron chi connectivity index (χ3n) is 3.25. The van der Waals surface area contributed by atoms with Crippen LogP contribution < -0.4 is 5.32 Å². The molecule has 0 fully saturated rings. The van der Waals surface area contributed by atoms with Gasteiger partial charge in [-0.05, 0) is 43.2 Å². The van der Waals surface area contributed by atoms with Crippen LogP contribution in [0.1, 0.15) is 17.4 Å². The number of rotatable bonds is 6. The number of nitrogens with zero attached hydrogens (tertiary/aromatic N) is 1. The maximum Gasteiger partial charge on any atom is 0.317 e. The number of hydrogen-bond acceptors (Lipinski definition) is 2. The Kier molecular flexibility index (Phi) is 6.21. The van der Waals surface area contributed by atoms with Gasteiger partial charge in [-0.2, -0.15) is 0 Å². The van der Waals surface area contributed by atoms with Gasteiger partial charge in [0, 0.05) is 18.0 Å². The van der Waals surface area contributed by atoms with Crippen LogP contribution in [0.15, 0.2) is 36.4 Å². The molecule has 2 amide bonds. The molecule has 1 heterocycles. The summed E-state index contributed by atoms with van der Waals surface area (Å²) < 4.78 is 13.5. The highest BCUT2D eigenvalue weighted by Gasteiger charge is 2.12. The molecule has 0 saturated heterocycles. The predicted molar refractivity (Wildman–Crippen MR) is 88.9 cm³/mol. The lowest BCUT2D eigenvalue weighted by molar-refractivity contribution is 0.199. The first-order valence-electron chi connectivity index (χ1n) is 7.10. The molecule has 1 aromatic carbocycles. The fourth-order valence-electron chi connectivity index (χ4n) is 2.03. The van der Waals surface area contributed by atoms with Crippen molar-refractivity contribution in [2.24, 2.45) is 0 Å². The molecule has 0 aliphatic heterocycles. The standard InChI is InChI=1S/C16H18ClFN2OS/c1-2-20(11-14-7-8-15(17)22-14)16(21)19-10-9-12-3-5-13(18)6-4-12/h3-8H,2,9-11H2,1H3,(H,19,21). The van der Waals surface area contributed by atoms with E-state index in [1.54, 1.807) is 17.0 Å². The molecule has 6 heteroatoms. The quantitative estimate of drug-likeness (QED) is 0.834. The fraction of sp³-hybridized carbons (Fsp3) is 0.312. The van der Waals surface area contributed by atoms with Crippen LogP contribution in [-0.2, 0) is 13.0 Å². The van der Waals surface area contributed by atoms with Crippen molar-refractivity contribution in [3.63, 3.8) is 0 Å². The van der Waals surface area contributed by atoms with Crippen LogP contribution in [0, 0.1) is 5.82 Å². The monoisotopic (exact) mass is 340 g/mol. The van der Waals surface area contributed by atoms with Crippen LogP contribution in [0.3, 0.4) is 0 Å². The van der Waals surface area contributed by atoms with Gasteiger partial charge in [-0.15, -0.1) is 11.3 Å². The molecule has 0 aliphatic rings. The van der Waals surface area contributed by atoms with E-state index in [-0.39, 0.29) is 11.8 Å². The lowest BCUT2D eigenvalue weighted by Crippen LogP contribution is -2.40. The lowest BCUT2D eigenvalue weighted by atomic mass is 10.1. The third kappa shape index (κ3) is 5.00. The molecule has 2 rings (SSSR count). The van der Waals surface area contributed by atoms with E-state index in [4.69, 9.17) is 11.6 Å². The zero-order valence-corrected chi connectivity index (χ0v) is 13.9. The smallest absolute Gasteiger partial charge is 0.317 e. The van der Waals surface area contributed by atoms with Gasteiger partial charge in [-0.3, -0.25) is 0 Å². The third-order valence-corrected chi connectivity index (χ3v) is 4.46. The summed E-state index contributed by atoms with van der Waals surface area (Å²) in [6.45, 7) is 3.63. The second kappa shape index (κ2) is 8.15. The van der Waals surface area contributed by atoms with E-state index in [9.17, 15) is 9.18 Å². The Balaban J connectivity index is 1.80. The molecular formula is C16H18ClFN2OS. The summed E-state index contributed by atoms with van der Waals surface area (Å²) in [4.78, 5) is 14.9. The largest absolute Gasteiger partial charge is 0.338 e. The lowest BCUT2D eigenvalue weighted by Gasteiger charge is -2.20. The number of thiophene rings is 1. The number of urea groups is 1. The van der Waals surface area contributed by atoms with Gasteiger partial charge in [0.15, 0.2) is 0 Å². The van der Waals surface area contributed by atoms with Crippen molar-refractivity contribution in [2.75, 3.05) is 13.1 Å². The molecule has 0 atom stereocenters. The van der Waals surface area contributed by atoms with Crippen LogP contribution in [0.5, 0.6) is 0 Å². The summed E-state index contributed by atoms with van der Waals surface area (Å²) in [6, 6.07) is 9.98. The number of carbonyl (C=O) groups is 1. The summed E-state index contributed by atoms with van der Waals surface area (Å²) in [6.07, 6.45) is 0.675. The second-order valence-electron chi connectivity index (χ2n) is 4.83. The summed E-state index contributed by atoms with van der Waals surface area (Å²) in [5.41, 5.74) is 0.995. The van der Waals surface area contributed by atoms with Gasteiger partial charge in [-0.25, -0.2) is 9.18 Å². The Morgan fingerprint density at radius 2 is 2.00 bits per heavy atom. The summed E-state index contributed by atoms with van der Waals surface area (Å²) in [5, 5.41) is 2.89. The molecule has 0 spiro atoms. The van der Waals surface area contributed by atoms with Crippen molar-refractivity contribution in [1.82, 2.24) is 10.2 Å². The van der Waals surface area contributed by atoms with Crippen molar-refractivity contribution >= 4 is 29.0 Å². The maximum atomic E-state index is 12.8. The second-order valence-corrected chi connectivity index (χ2v) is 6.63. The number of hydrogen-bond donors (Lipinski definition) is 1. The van der Waals surface area contributed by atoms with Crippen molar-refractivity contribution < 1.29 is 9.18 Å². The molecule has 0 bridgehead atoms. The molecule has 2 aromatic rings. The molecule has 22 heavy (non-hydrogen) atoms. The zero-order chi connectivity index (χ0) is 15.9. The van der Waals surface area contributed by atoms with Crippen molar-refractivity contribution in [3.8, 4) is 0 Å². The topological polar surface area (TPSA) is 32.3 Å². The fourth-order valence-corrected chi connectivity index (χ4v) is 3.13. The van der Waals surface area contributed by atoms with Crippen LogP contribution in [0.4, 0.5) is 9.18 Å². The van der Waals surface area contributed by atoms with E-state index in [0.29, 0.717) is 26.1 Å². The molecule has 0 unspecified atom stereocenters. The summed E-state index contributed by atoms with van der Waals surface area (Å²) in [5.74, 6) is -0.250. The highest BCUT2D eigenvalue weighted by molar-refractivity contribution is 7.16. The molecule has 0 aliphatic carbocycles. The van der Waals surface area contributed by atoms with Crippen molar-refractivity contribution in [2.45, 2.75) is 19.9 Å². The zero-order valence-electron chi connectivity index (χ0n) is 12.3. The van der Waals surface area contributed by atoms with Crippen LogP contribution in [-0.4, -0.2) is 24.0 Å². The van der Waals surface area contributed by atoms with Crippen LogP contribution in [0.2, 0.25) is 4.34 Å². The summed E-state index contributed by atoms with van der Waals surface area (Å²) >= 11 is 7.38. The normalized spacial score (nSPS) is 10.5. The Morgan fingerprint density at radius 3 is 2.59 bits per heavy atom.